The maximum Gasteiger partial charge on any atom is 0.233 e. The lowest BCUT2D eigenvalue weighted by molar-refractivity contribution is -0.128. The number of hydrogen-bond acceptors (Lipinski definition) is 8. The Morgan fingerprint density at radius 1 is 1.33 bits per heavy atom. The highest BCUT2D eigenvalue weighted by molar-refractivity contribution is 8.01. The number of sulfone groups is 1. The van der Waals surface area contributed by atoms with Crippen LogP contribution in [-0.2, 0) is 21.1 Å². The first-order valence-electron chi connectivity index (χ1n) is 8.64. The first-order chi connectivity index (χ1) is 12.9. The number of carbonyl (C=O) groups is 1. The third-order valence-electron chi connectivity index (χ3n) is 4.49. The number of hydrogen-bond donors (Lipinski definition) is 1. The number of aryl methyl sites for hydroxylation is 1. The summed E-state index contributed by atoms with van der Waals surface area (Å²) in [4.78, 5) is 13.9. The van der Waals surface area contributed by atoms with Gasteiger partial charge in [0.15, 0.2) is 14.2 Å². The minimum Gasteiger partial charge on any atom is -0.341 e. The summed E-state index contributed by atoms with van der Waals surface area (Å²) < 4.78 is 23.8. The molecule has 1 aliphatic rings. The molecule has 0 saturated carbocycles. The number of aromatic nitrogens is 2. The summed E-state index contributed by atoms with van der Waals surface area (Å²) in [6.45, 7) is 2.11. The van der Waals surface area contributed by atoms with Gasteiger partial charge in [0.1, 0.15) is 0 Å². The highest BCUT2D eigenvalue weighted by Crippen LogP contribution is 2.28. The van der Waals surface area contributed by atoms with Crippen LogP contribution in [0.1, 0.15) is 18.9 Å². The molecule has 0 radical (unpaired) electrons. The van der Waals surface area contributed by atoms with Crippen LogP contribution in [-0.4, -0.2) is 59.8 Å². The zero-order valence-electron chi connectivity index (χ0n) is 15.2. The van der Waals surface area contributed by atoms with Gasteiger partial charge in [0, 0.05) is 18.8 Å². The Morgan fingerprint density at radius 3 is 2.70 bits per heavy atom. The number of benzene rings is 1. The van der Waals surface area contributed by atoms with E-state index in [0.717, 1.165) is 12.1 Å². The SMILES string of the molecule is CCc1ccc(Nc2nnc(SCC(=O)N(C)[C@H]3CCS(=O)(=O)C3)s2)cc1. The maximum atomic E-state index is 12.3. The fourth-order valence-corrected chi connectivity index (χ4v) is 6.25. The van der Waals surface area contributed by atoms with Crippen molar-refractivity contribution in [2.45, 2.75) is 30.1 Å². The Hall–Kier alpha value is -1.65. The predicted molar refractivity (Wildman–Crippen MR) is 110 cm³/mol. The van der Waals surface area contributed by atoms with Crippen molar-refractivity contribution < 1.29 is 13.2 Å². The molecule has 10 heteroatoms. The molecule has 1 atom stereocenters. The van der Waals surface area contributed by atoms with Crippen molar-refractivity contribution >= 4 is 49.7 Å². The van der Waals surface area contributed by atoms with Crippen LogP contribution < -0.4 is 5.32 Å². The Balaban J connectivity index is 1.50. The number of carbonyl (C=O) groups excluding carboxylic acids is 1. The Kier molecular flexibility index (Phi) is 6.38. The molecule has 1 aliphatic heterocycles. The fourth-order valence-electron chi connectivity index (χ4n) is 2.78. The van der Waals surface area contributed by atoms with Crippen LogP contribution in [0.5, 0.6) is 0 Å². The van der Waals surface area contributed by atoms with Gasteiger partial charge in [-0.05, 0) is 30.5 Å². The van der Waals surface area contributed by atoms with Crippen LogP contribution in [0.25, 0.3) is 0 Å². The van der Waals surface area contributed by atoms with Crippen LogP contribution >= 0.6 is 23.1 Å². The third kappa shape index (κ3) is 5.43. The minimum absolute atomic E-state index is 0.0591. The standard InChI is InChI=1S/C17H22N4O3S3/c1-3-12-4-6-13(7-5-12)18-16-19-20-17(26-16)25-10-15(22)21(2)14-8-9-27(23,24)11-14/h4-7,14H,3,8-11H2,1-2H3,(H,18,19)/t14-/m0/s1. The van der Waals surface area contributed by atoms with E-state index in [1.165, 1.54) is 28.7 Å². The molecule has 1 N–H and O–H groups in total. The minimum atomic E-state index is -3.00. The average molecular weight is 427 g/mol. The van der Waals surface area contributed by atoms with Gasteiger partial charge in [-0.3, -0.25) is 4.79 Å². The molecule has 1 amide bonds. The van der Waals surface area contributed by atoms with Gasteiger partial charge in [-0.2, -0.15) is 0 Å². The van der Waals surface area contributed by atoms with Crippen LogP contribution in [0.2, 0.25) is 0 Å². The Morgan fingerprint density at radius 2 is 2.07 bits per heavy atom. The highest BCUT2D eigenvalue weighted by atomic mass is 32.2. The molecule has 146 valence electrons. The number of amides is 1. The number of thioether (sulfide) groups is 1. The van der Waals surface area contributed by atoms with Gasteiger partial charge in [-0.25, -0.2) is 8.42 Å². The second-order valence-electron chi connectivity index (χ2n) is 6.40. The van der Waals surface area contributed by atoms with Crippen molar-refractivity contribution in [3.05, 3.63) is 29.8 Å². The summed E-state index contributed by atoms with van der Waals surface area (Å²) in [5.41, 5.74) is 2.21. The molecular weight excluding hydrogens is 404 g/mol. The van der Waals surface area contributed by atoms with E-state index >= 15 is 0 Å². The van der Waals surface area contributed by atoms with E-state index in [1.54, 1.807) is 11.9 Å². The molecule has 1 aromatic heterocycles. The smallest absolute Gasteiger partial charge is 0.233 e. The van der Waals surface area contributed by atoms with Crippen LogP contribution in [0.4, 0.5) is 10.8 Å². The monoisotopic (exact) mass is 426 g/mol. The van der Waals surface area contributed by atoms with E-state index in [4.69, 9.17) is 0 Å². The van der Waals surface area contributed by atoms with E-state index in [2.05, 4.69) is 34.6 Å². The Labute approximate surface area is 167 Å². The van der Waals surface area contributed by atoms with Crippen molar-refractivity contribution in [1.29, 1.82) is 0 Å². The first-order valence-corrected chi connectivity index (χ1v) is 12.3. The molecule has 0 bridgehead atoms. The van der Waals surface area contributed by atoms with E-state index < -0.39 is 9.84 Å². The van der Waals surface area contributed by atoms with Crippen molar-refractivity contribution in [2.24, 2.45) is 0 Å². The van der Waals surface area contributed by atoms with Gasteiger partial charge >= 0.3 is 0 Å². The fraction of sp³-hybridized carbons (Fsp3) is 0.471. The lowest BCUT2D eigenvalue weighted by atomic mass is 10.1. The van der Waals surface area contributed by atoms with Crippen LogP contribution in [0.3, 0.4) is 0 Å². The summed E-state index contributed by atoms with van der Waals surface area (Å²) in [5.74, 6) is 0.339. The average Bonchev–Trinajstić information content (AvgIpc) is 3.25. The zero-order valence-corrected chi connectivity index (χ0v) is 17.7. The van der Waals surface area contributed by atoms with Gasteiger partial charge < -0.3 is 10.2 Å². The zero-order chi connectivity index (χ0) is 19.4. The molecule has 1 saturated heterocycles. The molecule has 2 aromatic rings. The summed E-state index contributed by atoms with van der Waals surface area (Å²) in [6, 6.07) is 7.91. The topological polar surface area (TPSA) is 92.3 Å². The third-order valence-corrected chi connectivity index (χ3v) is 8.20. The van der Waals surface area contributed by atoms with Gasteiger partial charge in [0.05, 0.1) is 17.3 Å². The molecule has 0 unspecified atom stereocenters. The maximum absolute atomic E-state index is 12.3. The van der Waals surface area contributed by atoms with Crippen LogP contribution in [0.15, 0.2) is 28.6 Å². The number of anilines is 2. The quantitative estimate of drug-likeness (QED) is 0.680. The number of nitrogens with zero attached hydrogens (tertiary/aromatic N) is 3. The van der Waals surface area contributed by atoms with Crippen molar-refractivity contribution in [1.82, 2.24) is 15.1 Å². The van der Waals surface area contributed by atoms with Gasteiger partial charge in [-0.1, -0.05) is 42.2 Å². The Bertz CT molecular complexity index is 896. The molecule has 2 heterocycles. The van der Waals surface area contributed by atoms with E-state index in [0.29, 0.717) is 15.9 Å². The molecule has 1 fully saturated rings. The van der Waals surface area contributed by atoms with Crippen LogP contribution in [0, 0.1) is 0 Å². The molecule has 0 spiro atoms. The second-order valence-corrected chi connectivity index (χ2v) is 10.8. The second kappa shape index (κ2) is 8.57. The summed E-state index contributed by atoms with van der Waals surface area (Å²) in [7, 11) is -1.33. The normalized spacial score (nSPS) is 18.4. The summed E-state index contributed by atoms with van der Waals surface area (Å²) in [6.07, 6.45) is 1.51. The van der Waals surface area contributed by atoms with Crippen molar-refractivity contribution in [3.8, 4) is 0 Å². The first kappa shape index (κ1) is 20.1. The molecular formula is C17H22N4O3S3. The molecule has 0 aliphatic carbocycles. The van der Waals surface area contributed by atoms with Gasteiger partial charge in [-0.15, -0.1) is 10.2 Å². The number of rotatable bonds is 7. The highest BCUT2D eigenvalue weighted by Gasteiger charge is 2.32. The van der Waals surface area contributed by atoms with E-state index in [-0.39, 0.29) is 29.2 Å². The predicted octanol–water partition coefficient (Wildman–Crippen LogP) is 2.58. The van der Waals surface area contributed by atoms with E-state index in [1.807, 2.05) is 12.1 Å². The molecule has 3 rings (SSSR count). The van der Waals surface area contributed by atoms with Crippen molar-refractivity contribution in [2.75, 3.05) is 29.6 Å². The number of nitrogens with one attached hydrogen (secondary N) is 1. The lowest BCUT2D eigenvalue weighted by Crippen LogP contribution is -2.38. The van der Waals surface area contributed by atoms with Gasteiger partial charge in [0.2, 0.25) is 11.0 Å². The molecule has 1 aromatic carbocycles. The molecule has 7 nitrogen and oxygen atoms in total. The summed E-state index contributed by atoms with van der Waals surface area (Å²) >= 11 is 2.70. The summed E-state index contributed by atoms with van der Waals surface area (Å²) in [5, 5.41) is 12.1. The lowest BCUT2D eigenvalue weighted by Gasteiger charge is -2.22. The largest absolute Gasteiger partial charge is 0.341 e. The molecule has 27 heavy (non-hydrogen) atoms. The van der Waals surface area contributed by atoms with E-state index in [9.17, 15) is 13.2 Å². The van der Waals surface area contributed by atoms with Crippen molar-refractivity contribution in [3.63, 3.8) is 0 Å². The van der Waals surface area contributed by atoms with Gasteiger partial charge in [0.25, 0.3) is 0 Å².